The van der Waals surface area contributed by atoms with Gasteiger partial charge in [0.2, 0.25) is 0 Å². The summed E-state index contributed by atoms with van der Waals surface area (Å²) in [7, 11) is 0. The van der Waals surface area contributed by atoms with Crippen molar-refractivity contribution >= 4 is 0 Å². The van der Waals surface area contributed by atoms with E-state index in [9.17, 15) is 4.79 Å². The molecule has 1 aromatic rings. The molecule has 1 rings (SSSR count). The summed E-state index contributed by atoms with van der Waals surface area (Å²) in [4.78, 5) is 13.9. The summed E-state index contributed by atoms with van der Waals surface area (Å²) >= 11 is 0. The van der Waals surface area contributed by atoms with Crippen molar-refractivity contribution in [3.63, 3.8) is 0 Å². The van der Waals surface area contributed by atoms with Crippen LogP contribution in [0.4, 0.5) is 0 Å². The smallest absolute Gasteiger partial charge is 0.326 e. The van der Waals surface area contributed by atoms with E-state index < -0.39 is 0 Å². The van der Waals surface area contributed by atoms with Gasteiger partial charge in [-0.05, 0) is 20.8 Å². The fraction of sp³-hybridized carbons (Fsp3) is 0.625. The van der Waals surface area contributed by atoms with E-state index in [1.54, 1.807) is 4.57 Å². The molecule has 0 aliphatic heterocycles. The summed E-state index contributed by atoms with van der Waals surface area (Å²) in [5, 5.41) is 8.87. The van der Waals surface area contributed by atoms with Gasteiger partial charge in [-0.15, -0.1) is 0 Å². The second-order valence-electron chi connectivity index (χ2n) is 3.04. The number of aromatic nitrogens is 2. The van der Waals surface area contributed by atoms with Gasteiger partial charge < -0.3 is 10.1 Å². The van der Waals surface area contributed by atoms with E-state index >= 15 is 0 Å². The Hall–Kier alpha value is -1.03. The van der Waals surface area contributed by atoms with Crippen molar-refractivity contribution < 1.29 is 5.11 Å². The van der Waals surface area contributed by atoms with Crippen LogP contribution in [-0.4, -0.2) is 21.3 Å². The zero-order valence-corrected chi connectivity index (χ0v) is 7.59. The van der Waals surface area contributed by atoms with Gasteiger partial charge >= 0.3 is 5.69 Å². The number of rotatable bonds is 2. The lowest BCUT2D eigenvalue weighted by Gasteiger charge is -2.10. The Morgan fingerprint density at radius 3 is 2.50 bits per heavy atom. The largest absolute Gasteiger partial charge is 0.394 e. The Bertz CT molecular complexity index is 324. The number of aromatic amines is 1. The van der Waals surface area contributed by atoms with Gasteiger partial charge in [-0.1, -0.05) is 0 Å². The minimum Gasteiger partial charge on any atom is -0.394 e. The van der Waals surface area contributed by atoms with Crippen molar-refractivity contribution in [1.29, 1.82) is 0 Å². The highest BCUT2D eigenvalue weighted by atomic mass is 16.3. The van der Waals surface area contributed by atoms with E-state index in [0.29, 0.717) is 0 Å². The van der Waals surface area contributed by atoms with Crippen LogP contribution in [0, 0.1) is 13.8 Å². The molecule has 1 aromatic heterocycles. The van der Waals surface area contributed by atoms with Crippen LogP contribution in [-0.2, 0) is 0 Å². The lowest BCUT2D eigenvalue weighted by Crippen LogP contribution is -2.23. The molecule has 0 fully saturated rings. The van der Waals surface area contributed by atoms with Crippen LogP contribution in [0.1, 0.15) is 24.4 Å². The Morgan fingerprint density at radius 1 is 1.58 bits per heavy atom. The number of nitrogens with one attached hydrogen (secondary N) is 1. The van der Waals surface area contributed by atoms with Gasteiger partial charge in [0.25, 0.3) is 0 Å². The van der Waals surface area contributed by atoms with Crippen molar-refractivity contribution in [2.45, 2.75) is 26.8 Å². The van der Waals surface area contributed by atoms with Crippen molar-refractivity contribution in [2.24, 2.45) is 0 Å². The molecule has 1 heterocycles. The van der Waals surface area contributed by atoms with E-state index in [2.05, 4.69) is 4.98 Å². The van der Waals surface area contributed by atoms with Crippen molar-refractivity contribution in [1.82, 2.24) is 9.55 Å². The van der Waals surface area contributed by atoms with Gasteiger partial charge in [0.1, 0.15) is 0 Å². The molecule has 0 saturated carbocycles. The van der Waals surface area contributed by atoms with E-state index in [0.717, 1.165) is 11.4 Å². The first-order valence-corrected chi connectivity index (χ1v) is 3.96. The summed E-state index contributed by atoms with van der Waals surface area (Å²) in [5.74, 6) is 0. The number of aliphatic hydroxyl groups excluding tert-OH is 1. The van der Waals surface area contributed by atoms with E-state index in [-0.39, 0.29) is 18.3 Å². The van der Waals surface area contributed by atoms with Gasteiger partial charge in [0, 0.05) is 11.4 Å². The quantitative estimate of drug-likeness (QED) is 0.672. The van der Waals surface area contributed by atoms with Crippen LogP contribution < -0.4 is 5.69 Å². The monoisotopic (exact) mass is 170 g/mol. The SMILES string of the molecule is Cc1[nH]c(=O)n(C(C)CO)c1C. The normalized spacial score (nSPS) is 13.3. The third-order valence-corrected chi connectivity index (χ3v) is 2.12. The summed E-state index contributed by atoms with van der Waals surface area (Å²) in [5.41, 5.74) is 1.61. The van der Waals surface area contributed by atoms with Gasteiger partial charge in [-0.25, -0.2) is 4.79 Å². The molecule has 0 aliphatic carbocycles. The Labute approximate surface area is 70.9 Å². The minimum absolute atomic E-state index is 0.0158. The third kappa shape index (κ3) is 1.30. The molecule has 12 heavy (non-hydrogen) atoms. The van der Waals surface area contributed by atoms with Crippen LogP contribution in [0.25, 0.3) is 0 Å². The van der Waals surface area contributed by atoms with Crippen molar-refractivity contribution in [2.75, 3.05) is 6.61 Å². The zero-order chi connectivity index (χ0) is 9.30. The molecule has 0 radical (unpaired) electrons. The van der Waals surface area contributed by atoms with Crippen LogP contribution in [0.15, 0.2) is 4.79 Å². The second kappa shape index (κ2) is 3.15. The number of hydrogen-bond acceptors (Lipinski definition) is 2. The van der Waals surface area contributed by atoms with Crippen LogP contribution in [0.2, 0.25) is 0 Å². The van der Waals surface area contributed by atoms with E-state index in [4.69, 9.17) is 5.11 Å². The zero-order valence-electron chi connectivity index (χ0n) is 7.59. The number of aliphatic hydroxyl groups is 1. The number of nitrogens with zero attached hydrogens (tertiary/aromatic N) is 1. The van der Waals surface area contributed by atoms with Crippen LogP contribution in [0.5, 0.6) is 0 Å². The molecule has 0 bridgehead atoms. The lowest BCUT2D eigenvalue weighted by atomic mass is 10.3. The molecule has 0 spiro atoms. The number of hydrogen-bond donors (Lipinski definition) is 2. The molecule has 68 valence electrons. The molecular weight excluding hydrogens is 156 g/mol. The van der Waals surface area contributed by atoms with Crippen molar-refractivity contribution in [3.8, 4) is 0 Å². The highest BCUT2D eigenvalue weighted by molar-refractivity contribution is 5.09. The number of H-pyrrole nitrogens is 1. The molecule has 4 heteroatoms. The van der Waals surface area contributed by atoms with E-state index in [1.807, 2.05) is 20.8 Å². The standard InChI is InChI=1S/C8H14N2O2/c1-5(4-11)10-7(3)6(2)9-8(10)12/h5,11H,4H2,1-3H3,(H,9,12). The number of imidazole rings is 1. The molecule has 1 atom stereocenters. The molecular formula is C8H14N2O2. The first kappa shape index (κ1) is 9.06. The summed E-state index contributed by atoms with van der Waals surface area (Å²) in [6.07, 6.45) is 0. The Balaban J connectivity index is 3.22. The molecule has 1 unspecified atom stereocenters. The second-order valence-corrected chi connectivity index (χ2v) is 3.04. The maximum Gasteiger partial charge on any atom is 0.326 e. The third-order valence-electron chi connectivity index (χ3n) is 2.12. The predicted molar refractivity (Wildman–Crippen MR) is 46.3 cm³/mol. The van der Waals surface area contributed by atoms with Gasteiger partial charge in [0.15, 0.2) is 0 Å². The first-order valence-electron chi connectivity index (χ1n) is 3.96. The maximum atomic E-state index is 11.3. The Morgan fingerprint density at radius 2 is 2.17 bits per heavy atom. The van der Waals surface area contributed by atoms with Gasteiger partial charge in [-0.3, -0.25) is 4.57 Å². The molecule has 4 nitrogen and oxygen atoms in total. The summed E-state index contributed by atoms with van der Waals surface area (Å²) in [6.45, 7) is 5.50. The highest BCUT2D eigenvalue weighted by Gasteiger charge is 2.11. The predicted octanol–water partition coefficient (Wildman–Crippen LogP) is 0.347. The summed E-state index contributed by atoms with van der Waals surface area (Å²) in [6, 6.07) is -0.151. The molecule has 0 aromatic carbocycles. The van der Waals surface area contributed by atoms with Gasteiger partial charge in [0.05, 0.1) is 12.6 Å². The molecule has 2 N–H and O–H groups in total. The topological polar surface area (TPSA) is 58.0 Å². The van der Waals surface area contributed by atoms with Gasteiger partial charge in [-0.2, -0.15) is 0 Å². The molecule has 0 amide bonds. The average molecular weight is 170 g/mol. The van der Waals surface area contributed by atoms with Crippen LogP contribution in [0.3, 0.4) is 0 Å². The average Bonchev–Trinajstić information content (AvgIpc) is 2.26. The van der Waals surface area contributed by atoms with Crippen molar-refractivity contribution in [3.05, 3.63) is 21.9 Å². The fourth-order valence-corrected chi connectivity index (χ4v) is 1.26. The molecule has 0 saturated heterocycles. The lowest BCUT2D eigenvalue weighted by molar-refractivity contribution is 0.235. The molecule has 0 aliphatic rings. The number of aryl methyl sites for hydroxylation is 1. The minimum atomic E-state index is -0.151. The maximum absolute atomic E-state index is 11.3. The summed E-state index contributed by atoms with van der Waals surface area (Å²) < 4.78 is 1.56. The first-order chi connectivity index (χ1) is 5.57. The highest BCUT2D eigenvalue weighted by Crippen LogP contribution is 2.07. The fourth-order valence-electron chi connectivity index (χ4n) is 1.26. The Kier molecular flexibility index (Phi) is 2.38. The van der Waals surface area contributed by atoms with E-state index in [1.165, 1.54) is 0 Å². The van der Waals surface area contributed by atoms with Crippen LogP contribution >= 0.6 is 0 Å².